The van der Waals surface area contributed by atoms with Crippen molar-refractivity contribution >= 4 is 11.5 Å². The average Bonchev–Trinajstić information content (AvgIpc) is 2.08. The molecular formula is C10H13FN2. The maximum Gasteiger partial charge on any atom is 0.148 e. The van der Waals surface area contributed by atoms with E-state index in [2.05, 4.69) is 4.99 Å². The highest BCUT2D eigenvalue weighted by atomic mass is 19.1. The number of halogens is 1. The fraction of sp³-hybridized carbons (Fsp3) is 0.300. The largest absolute Gasteiger partial charge is 0.387 e. The van der Waals surface area contributed by atoms with Gasteiger partial charge < -0.3 is 5.73 Å². The number of nitrogens with zero attached hydrogens (tertiary/aromatic N) is 1. The molecule has 0 amide bonds. The summed E-state index contributed by atoms with van der Waals surface area (Å²) in [5, 5.41) is 0. The summed E-state index contributed by atoms with van der Waals surface area (Å²) >= 11 is 0. The number of rotatable bonds is 2. The summed E-state index contributed by atoms with van der Waals surface area (Å²) in [4.78, 5) is 3.98. The van der Waals surface area contributed by atoms with Crippen LogP contribution in [-0.4, -0.2) is 5.84 Å². The highest BCUT2D eigenvalue weighted by molar-refractivity contribution is 5.84. The molecule has 0 aromatic heterocycles. The van der Waals surface area contributed by atoms with E-state index in [1.54, 1.807) is 18.2 Å². The molecule has 1 aromatic carbocycles. The fourth-order valence-corrected chi connectivity index (χ4v) is 0.811. The second-order valence-corrected chi connectivity index (χ2v) is 3.14. The van der Waals surface area contributed by atoms with Crippen molar-refractivity contribution in [3.05, 3.63) is 30.1 Å². The zero-order valence-corrected chi connectivity index (χ0v) is 7.79. The first-order valence-electron chi connectivity index (χ1n) is 4.20. The number of hydrogen-bond acceptors (Lipinski definition) is 1. The number of amidine groups is 1. The van der Waals surface area contributed by atoms with Gasteiger partial charge in [-0.1, -0.05) is 26.0 Å². The average molecular weight is 180 g/mol. The lowest BCUT2D eigenvalue weighted by atomic mass is 10.2. The minimum atomic E-state index is -0.342. The molecule has 0 atom stereocenters. The molecule has 0 radical (unpaired) electrons. The minimum absolute atomic E-state index is 0.139. The molecule has 2 N–H and O–H groups in total. The molecule has 0 saturated heterocycles. The second-order valence-electron chi connectivity index (χ2n) is 3.14. The standard InChI is InChI=1S/C10H13FN2/c1-7(2)10(12)13-9-6-4-3-5-8(9)11/h3-7H,1-2H3,(H2,12,13). The van der Waals surface area contributed by atoms with E-state index in [0.29, 0.717) is 11.5 Å². The molecule has 0 saturated carbocycles. The normalized spacial score (nSPS) is 12.2. The van der Waals surface area contributed by atoms with E-state index in [1.807, 2.05) is 13.8 Å². The van der Waals surface area contributed by atoms with E-state index in [0.717, 1.165) is 0 Å². The number of para-hydroxylation sites is 1. The van der Waals surface area contributed by atoms with Crippen molar-refractivity contribution in [1.29, 1.82) is 0 Å². The summed E-state index contributed by atoms with van der Waals surface area (Å²) in [6, 6.07) is 6.33. The first kappa shape index (κ1) is 9.71. The highest BCUT2D eigenvalue weighted by Crippen LogP contribution is 2.16. The minimum Gasteiger partial charge on any atom is -0.387 e. The van der Waals surface area contributed by atoms with Gasteiger partial charge >= 0.3 is 0 Å². The maximum absolute atomic E-state index is 13.1. The smallest absolute Gasteiger partial charge is 0.148 e. The van der Waals surface area contributed by atoms with E-state index in [9.17, 15) is 4.39 Å². The Morgan fingerprint density at radius 3 is 2.54 bits per heavy atom. The topological polar surface area (TPSA) is 38.4 Å². The van der Waals surface area contributed by atoms with Gasteiger partial charge in [0.15, 0.2) is 0 Å². The van der Waals surface area contributed by atoms with Crippen molar-refractivity contribution in [2.75, 3.05) is 0 Å². The predicted octanol–water partition coefficient (Wildman–Crippen LogP) is 2.47. The van der Waals surface area contributed by atoms with Gasteiger partial charge in [-0.25, -0.2) is 9.38 Å². The van der Waals surface area contributed by atoms with Gasteiger partial charge in [0, 0.05) is 5.92 Å². The Labute approximate surface area is 77.3 Å². The van der Waals surface area contributed by atoms with Crippen LogP contribution >= 0.6 is 0 Å². The number of aliphatic imine (C=N–C) groups is 1. The molecule has 0 heterocycles. The molecule has 1 aromatic rings. The van der Waals surface area contributed by atoms with Crippen molar-refractivity contribution in [2.24, 2.45) is 16.6 Å². The van der Waals surface area contributed by atoms with E-state index in [-0.39, 0.29) is 11.7 Å². The van der Waals surface area contributed by atoms with E-state index in [4.69, 9.17) is 5.73 Å². The molecule has 70 valence electrons. The molecule has 0 fully saturated rings. The zero-order chi connectivity index (χ0) is 9.84. The molecule has 1 rings (SSSR count). The van der Waals surface area contributed by atoms with Gasteiger partial charge in [0.1, 0.15) is 17.3 Å². The van der Waals surface area contributed by atoms with Crippen LogP contribution in [0.5, 0.6) is 0 Å². The van der Waals surface area contributed by atoms with Gasteiger partial charge in [-0.15, -0.1) is 0 Å². The lowest BCUT2D eigenvalue weighted by molar-refractivity contribution is 0.629. The Morgan fingerprint density at radius 1 is 1.38 bits per heavy atom. The van der Waals surface area contributed by atoms with Crippen LogP contribution in [0.1, 0.15) is 13.8 Å². The summed E-state index contributed by atoms with van der Waals surface area (Å²) in [7, 11) is 0. The molecule has 2 nitrogen and oxygen atoms in total. The van der Waals surface area contributed by atoms with Gasteiger partial charge in [0.25, 0.3) is 0 Å². The lowest BCUT2D eigenvalue weighted by Gasteiger charge is -2.03. The summed E-state index contributed by atoms with van der Waals surface area (Å²) < 4.78 is 13.1. The van der Waals surface area contributed by atoms with Crippen molar-refractivity contribution in [1.82, 2.24) is 0 Å². The third kappa shape index (κ3) is 2.54. The quantitative estimate of drug-likeness (QED) is 0.551. The van der Waals surface area contributed by atoms with Crippen molar-refractivity contribution in [3.63, 3.8) is 0 Å². The molecule has 3 heteroatoms. The summed E-state index contributed by atoms with van der Waals surface area (Å²) in [6.45, 7) is 3.83. The molecule has 13 heavy (non-hydrogen) atoms. The van der Waals surface area contributed by atoms with Crippen LogP contribution in [0.25, 0.3) is 0 Å². The van der Waals surface area contributed by atoms with Crippen LogP contribution < -0.4 is 5.73 Å². The Morgan fingerprint density at radius 2 is 2.00 bits per heavy atom. The molecule has 0 aliphatic carbocycles. The summed E-state index contributed by atoms with van der Waals surface area (Å²) in [6.07, 6.45) is 0. The molecule has 0 unspecified atom stereocenters. The SMILES string of the molecule is CC(C)C(N)=Nc1ccccc1F. The molecule has 0 aliphatic heterocycles. The van der Waals surface area contributed by atoms with Crippen molar-refractivity contribution in [3.8, 4) is 0 Å². The van der Waals surface area contributed by atoms with Gasteiger partial charge in [-0.05, 0) is 12.1 Å². The molecule has 0 spiro atoms. The zero-order valence-electron chi connectivity index (χ0n) is 7.79. The summed E-state index contributed by atoms with van der Waals surface area (Å²) in [5.74, 6) is 0.246. The van der Waals surface area contributed by atoms with Crippen molar-refractivity contribution < 1.29 is 4.39 Å². The molecule has 0 bridgehead atoms. The van der Waals surface area contributed by atoms with Crippen LogP contribution in [-0.2, 0) is 0 Å². The molecule has 0 aliphatic rings. The van der Waals surface area contributed by atoms with Crippen molar-refractivity contribution in [2.45, 2.75) is 13.8 Å². The Bertz CT molecular complexity index is 318. The van der Waals surface area contributed by atoms with E-state index in [1.165, 1.54) is 6.07 Å². The Kier molecular flexibility index (Phi) is 3.01. The van der Waals surface area contributed by atoms with Crippen LogP contribution in [0, 0.1) is 11.7 Å². The van der Waals surface area contributed by atoms with Gasteiger partial charge in [0.05, 0.1) is 0 Å². The molecular weight excluding hydrogens is 167 g/mol. The monoisotopic (exact) mass is 180 g/mol. The maximum atomic E-state index is 13.1. The van der Waals surface area contributed by atoms with Crippen LogP contribution in [0.4, 0.5) is 10.1 Å². The van der Waals surface area contributed by atoms with E-state index >= 15 is 0 Å². The Balaban J connectivity index is 2.97. The number of hydrogen-bond donors (Lipinski definition) is 1. The Hall–Kier alpha value is -1.38. The third-order valence-electron chi connectivity index (χ3n) is 1.69. The van der Waals surface area contributed by atoms with E-state index < -0.39 is 0 Å². The second kappa shape index (κ2) is 4.03. The lowest BCUT2D eigenvalue weighted by Crippen LogP contribution is -2.18. The third-order valence-corrected chi connectivity index (χ3v) is 1.69. The van der Waals surface area contributed by atoms with Crippen LogP contribution in [0.2, 0.25) is 0 Å². The first-order chi connectivity index (χ1) is 6.11. The van der Waals surface area contributed by atoms with Gasteiger partial charge in [-0.2, -0.15) is 0 Å². The summed E-state index contributed by atoms with van der Waals surface area (Å²) in [5.41, 5.74) is 5.90. The predicted molar refractivity (Wildman–Crippen MR) is 52.5 cm³/mol. The highest BCUT2D eigenvalue weighted by Gasteiger charge is 2.02. The van der Waals surface area contributed by atoms with Crippen LogP contribution in [0.3, 0.4) is 0 Å². The van der Waals surface area contributed by atoms with Gasteiger partial charge in [0.2, 0.25) is 0 Å². The fourth-order valence-electron chi connectivity index (χ4n) is 0.811. The number of benzene rings is 1. The first-order valence-corrected chi connectivity index (χ1v) is 4.20. The van der Waals surface area contributed by atoms with Gasteiger partial charge in [-0.3, -0.25) is 0 Å². The van der Waals surface area contributed by atoms with Crippen LogP contribution in [0.15, 0.2) is 29.3 Å². The number of nitrogens with two attached hydrogens (primary N) is 1.